The van der Waals surface area contributed by atoms with Crippen molar-refractivity contribution in [2.24, 2.45) is 0 Å². The van der Waals surface area contributed by atoms with Crippen LogP contribution in [0.15, 0.2) is 85.1 Å². The van der Waals surface area contributed by atoms with Crippen LogP contribution in [0.3, 0.4) is 0 Å². The van der Waals surface area contributed by atoms with E-state index in [-0.39, 0.29) is 44.4 Å². The van der Waals surface area contributed by atoms with E-state index in [0.717, 1.165) is 64.2 Å². The second-order valence-corrected chi connectivity index (χ2v) is 11.7. The van der Waals surface area contributed by atoms with E-state index < -0.39 is 12.1 Å². The maximum absolute atomic E-state index is 12.5. The van der Waals surface area contributed by atoms with E-state index in [0.29, 0.717) is 12.8 Å². The summed E-state index contributed by atoms with van der Waals surface area (Å²) in [5, 5.41) is 0. The molecule has 0 radical (unpaired) electrons. The standard InChI is InChI=1S/C42H66O6/c1-4-7-10-13-16-19-20-21-24-26-29-32-35-41(44)47-38-39(48-42(45)36-33-30-27-23-18-15-12-9-6-3)37-46-40(43)34-31-28-25-22-17-14-11-8-5-2/h7,9-10,12,16,18-19,21-25,30,33,39H,4-6,8,11,13-15,17,20,26-29,31-32,34-38H2,1-3H3/b10-7-,12-9-,19-16-,23-18-,24-21-,25-22-,33-30-. The fourth-order valence-corrected chi connectivity index (χ4v) is 4.40. The van der Waals surface area contributed by atoms with Crippen molar-refractivity contribution in [2.45, 2.75) is 149 Å². The summed E-state index contributed by atoms with van der Waals surface area (Å²) in [6, 6.07) is 0. The molecule has 0 fully saturated rings. The van der Waals surface area contributed by atoms with Gasteiger partial charge in [0.1, 0.15) is 13.2 Å². The molecule has 0 aliphatic rings. The highest BCUT2D eigenvalue weighted by Crippen LogP contribution is 2.08. The maximum atomic E-state index is 12.5. The van der Waals surface area contributed by atoms with Gasteiger partial charge in [0, 0.05) is 12.8 Å². The Morgan fingerprint density at radius 3 is 1.44 bits per heavy atom. The van der Waals surface area contributed by atoms with Gasteiger partial charge in [-0.3, -0.25) is 14.4 Å². The lowest BCUT2D eigenvalue weighted by molar-refractivity contribution is -0.166. The molecule has 0 aromatic rings. The van der Waals surface area contributed by atoms with Crippen molar-refractivity contribution in [3.63, 3.8) is 0 Å². The molecule has 0 aromatic heterocycles. The Bertz CT molecular complexity index is 998. The van der Waals surface area contributed by atoms with E-state index in [2.05, 4.69) is 93.7 Å². The minimum absolute atomic E-state index is 0.0892. The largest absolute Gasteiger partial charge is 0.462 e. The Balaban J connectivity index is 4.59. The summed E-state index contributed by atoms with van der Waals surface area (Å²) < 4.78 is 16.4. The lowest BCUT2D eigenvalue weighted by atomic mass is 10.1. The molecule has 6 nitrogen and oxygen atoms in total. The van der Waals surface area contributed by atoms with Crippen molar-refractivity contribution in [1.82, 2.24) is 0 Å². The number of unbranched alkanes of at least 4 members (excludes halogenated alkanes) is 7. The van der Waals surface area contributed by atoms with Crippen LogP contribution in [-0.2, 0) is 28.6 Å². The van der Waals surface area contributed by atoms with Crippen molar-refractivity contribution in [1.29, 1.82) is 0 Å². The van der Waals surface area contributed by atoms with Crippen LogP contribution in [0.4, 0.5) is 0 Å². The first-order chi connectivity index (χ1) is 23.5. The second-order valence-electron chi connectivity index (χ2n) is 11.7. The molecule has 0 spiro atoms. The van der Waals surface area contributed by atoms with Gasteiger partial charge in [-0.1, -0.05) is 125 Å². The first-order valence-electron chi connectivity index (χ1n) is 18.6. The first kappa shape index (κ1) is 44.6. The van der Waals surface area contributed by atoms with E-state index in [1.54, 1.807) is 6.08 Å². The molecule has 0 amide bonds. The highest BCUT2D eigenvalue weighted by molar-refractivity contribution is 5.72. The summed E-state index contributed by atoms with van der Waals surface area (Å²) in [7, 11) is 0. The summed E-state index contributed by atoms with van der Waals surface area (Å²) in [5.74, 6) is -1.16. The Morgan fingerprint density at radius 1 is 0.458 bits per heavy atom. The number of rotatable bonds is 31. The van der Waals surface area contributed by atoms with Gasteiger partial charge in [-0.15, -0.1) is 0 Å². The highest BCUT2D eigenvalue weighted by Gasteiger charge is 2.19. The number of esters is 3. The van der Waals surface area contributed by atoms with Gasteiger partial charge in [0.25, 0.3) is 0 Å². The SMILES string of the molecule is CC/C=C\C/C=C\C/C=C\CCCCC(=O)OCC(COC(=O)CCC/C=C\CCCCCC)OC(=O)C/C=C\C/C=C\C/C=C\CC. The monoisotopic (exact) mass is 666 g/mol. The fourth-order valence-electron chi connectivity index (χ4n) is 4.40. The molecule has 0 N–H and O–H groups in total. The quantitative estimate of drug-likeness (QED) is 0.0317. The third-order valence-corrected chi connectivity index (χ3v) is 7.15. The van der Waals surface area contributed by atoms with Gasteiger partial charge in [-0.2, -0.15) is 0 Å². The highest BCUT2D eigenvalue weighted by atomic mass is 16.6. The van der Waals surface area contributed by atoms with Crippen molar-refractivity contribution < 1.29 is 28.6 Å². The van der Waals surface area contributed by atoms with E-state index >= 15 is 0 Å². The number of carbonyl (C=O) groups is 3. The molecule has 0 rings (SSSR count). The molecule has 1 atom stereocenters. The van der Waals surface area contributed by atoms with Gasteiger partial charge in [-0.05, 0) is 83.5 Å². The molecule has 0 aliphatic heterocycles. The van der Waals surface area contributed by atoms with Crippen molar-refractivity contribution in [3.05, 3.63) is 85.1 Å². The lowest BCUT2D eigenvalue weighted by Crippen LogP contribution is -2.30. The van der Waals surface area contributed by atoms with Gasteiger partial charge in [0.2, 0.25) is 0 Å². The molecular weight excluding hydrogens is 600 g/mol. The average Bonchev–Trinajstić information content (AvgIpc) is 3.08. The van der Waals surface area contributed by atoms with E-state index in [9.17, 15) is 14.4 Å². The molecule has 0 saturated heterocycles. The van der Waals surface area contributed by atoms with Crippen molar-refractivity contribution >= 4 is 17.9 Å². The Kier molecular flexibility index (Phi) is 33.8. The number of carbonyl (C=O) groups excluding carboxylic acids is 3. The number of ether oxygens (including phenoxy) is 3. The van der Waals surface area contributed by atoms with Crippen LogP contribution >= 0.6 is 0 Å². The number of hydrogen-bond acceptors (Lipinski definition) is 6. The van der Waals surface area contributed by atoms with Crippen molar-refractivity contribution in [3.8, 4) is 0 Å². The van der Waals surface area contributed by atoms with Crippen LogP contribution < -0.4 is 0 Å². The van der Waals surface area contributed by atoms with Gasteiger partial charge in [0.05, 0.1) is 6.42 Å². The van der Waals surface area contributed by atoms with Gasteiger partial charge < -0.3 is 14.2 Å². The normalized spacial score (nSPS) is 13.0. The predicted octanol–water partition coefficient (Wildman–Crippen LogP) is 11.3. The van der Waals surface area contributed by atoms with E-state index in [4.69, 9.17) is 14.2 Å². The van der Waals surface area contributed by atoms with Crippen LogP contribution in [0.25, 0.3) is 0 Å². The van der Waals surface area contributed by atoms with Gasteiger partial charge in [-0.25, -0.2) is 0 Å². The molecular formula is C42H66O6. The summed E-state index contributed by atoms with van der Waals surface area (Å²) in [6.45, 7) is 6.15. The Hall–Kier alpha value is -3.41. The molecule has 1 unspecified atom stereocenters. The number of allylic oxidation sites excluding steroid dienone is 13. The zero-order valence-corrected chi connectivity index (χ0v) is 30.5. The summed E-state index contributed by atoms with van der Waals surface area (Å²) in [5.41, 5.74) is 0. The first-order valence-corrected chi connectivity index (χ1v) is 18.6. The molecule has 270 valence electrons. The van der Waals surface area contributed by atoms with Crippen LogP contribution in [0.5, 0.6) is 0 Å². The topological polar surface area (TPSA) is 78.9 Å². The molecule has 0 bridgehead atoms. The summed E-state index contributed by atoms with van der Waals surface area (Å²) in [4.78, 5) is 37.2. The van der Waals surface area contributed by atoms with Crippen LogP contribution in [0, 0.1) is 0 Å². The summed E-state index contributed by atoms with van der Waals surface area (Å²) in [6.07, 6.45) is 44.8. The predicted molar refractivity (Wildman–Crippen MR) is 201 cm³/mol. The van der Waals surface area contributed by atoms with Crippen LogP contribution in [0.1, 0.15) is 143 Å². The molecule has 0 heterocycles. The van der Waals surface area contributed by atoms with Gasteiger partial charge in [0.15, 0.2) is 6.10 Å². The zero-order valence-electron chi connectivity index (χ0n) is 30.5. The minimum atomic E-state index is -0.847. The second kappa shape index (κ2) is 36.4. The molecule has 6 heteroatoms. The molecule has 0 saturated carbocycles. The van der Waals surface area contributed by atoms with Crippen LogP contribution in [0.2, 0.25) is 0 Å². The van der Waals surface area contributed by atoms with Crippen molar-refractivity contribution in [2.75, 3.05) is 13.2 Å². The minimum Gasteiger partial charge on any atom is -0.462 e. The maximum Gasteiger partial charge on any atom is 0.310 e. The fraction of sp³-hybridized carbons (Fsp3) is 0.595. The smallest absolute Gasteiger partial charge is 0.310 e. The number of hydrogen-bond donors (Lipinski definition) is 0. The summed E-state index contributed by atoms with van der Waals surface area (Å²) >= 11 is 0. The Morgan fingerprint density at radius 2 is 0.896 bits per heavy atom. The van der Waals surface area contributed by atoms with E-state index in [1.807, 2.05) is 6.08 Å². The zero-order chi connectivity index (χ0) is 35.2. The third kappa shape index (κ3) is 33.9. The molecule has 48 heavy (non-hydrogen) atoms. The van der Waals surface area contributed by atoms with E-state index in [1.165, 1.54) is 25.7 Å². The lowest BCUT2D eigenvalue weighted by Gasteiger charge is -2.18. The van der Waals surface area contributed by atoms with Crippen LogP contribution in [-0.4, -0.2) is 37.2 Å². The molecule has 0 aliphatic carbocycles. The third-order valence-electron chi connectivity index (χ3n) is 7.15. The van der Waals surface area contributed by atoms with Gasteiger partial charge >= 0.3 is 17.9 Å². The average molecular weight is 667 g/mol. The molecule has 0 aromatic carbocycles. The Labute approximate surface area is 293 Å².